The van der Waals surface area contributed by atoms with E-state index in [1.807, 2.05) is 12.1 Å². The van der Waals surface area contributed by atoms with Crippen LogP contribution in [0.15, 0.2) is 48.5 Å². The van der Waals surface area contributed by atoms with Crippen LogP contribution in [0.25, 0.3) is 11.1 Å². The van der Waals surface area contributed by atoms with E-state index in [9.17, 15) is 14.7 Å². The maximum Gasteiger partial charge on any atom is 0.268 e. The summed E-state index contributed by atoms with van der Waals surface area (Å²) in [6, 6.07) is 14.1. The molecule has 2 aromatic carbocycles. The van der Waals surface area contributed by atoms with Crippen molar-refractivity contribution >= 4 is 11.8 Å². The van der Waals surface area contributed by atoms with Crippen LogP contribution in [0.2, 0.25) is 0 Å². The Balaban J connectivity index is 1.54. The Morgan fingerprint density at radius 2 is 1.56 bits per heavy atom. The minimum absolute atomic E-state index is 0.355. The first-order chi connectivity index (χ1) is 15.5. The molecule has 1 aliphatic carbocycles. The van der Waals surface area contributed by atoms with Gasteiger partial charge in [-0.3, -0.25) is 14.8 Å². The zero-order valence-electron chi connectivity index (χ0n) is 18.5. The number of hydroxylamine groups is 1. The lowest BCUT2D eigenvalue weighted by molar-refractivity contribution is -0.133. The zero-order valence-corrected chi connectivity index (χ0v) is 18.5. The van der Waals surface area contributed by atoms with Gasteiger partial charge in [-0.1, -0.05) is 55.7 Å². The highest BCUT2D eigenvalue weighted by Crippen LogP contribution is 2.23. The van der Waals surface area contributed by atoms with Gasteiger partial charge >= 0.3 is 0 Å². The van der Waals surface area contributed by atoms with E-state index in [2.05, 4.69) is 34.9 Å². The minimum Gasteiger partial charge on any atom is -0.391 e. The summed E-state index contributed by atoms with van der Waals surface area (Å²) >= 11 is 0. The highest BCUT2D eigenvalue weighted by Gasteiger charge is 2.25. The topological polar surface area (TPSA) is 111 Å². The van der Waals surface area contributed by atoms with Crippen molar-refractivity contribution in [3.8, 4) is 11.1 Å². The Morgan fingerprint density at radius 3 is 2.12 bits per heavy atom. The predicted molar refractivity (Wildman–Crippen MR) is 123 cm³/mol. The van der Waals surface area contributed by atoms with Crippen LogP contribution in [0.1, 0.15) is 54.9 Å². The van der Waals surface area contributed by atoms with Crippen molar-refractivity contribution in [2.75, 3.05) is 6.54 Å². The van der Waals surface area contributed by atoms with E-state index in [1.165, 1.54) is 50.1 Å². The Bertz CT molecular complexity index is 875. The fourth-order valence-electron chi connectivity index (χ4n) is 4.14. The Morgan fingerprint density at radius 1 is 0.969 bits per heavy atom. The van der Waals surface area contributed by atoms with Crippen molar-refractivity contribution in [3.05, 3.63) is 59.7 Å². The molecule has 2 aromatic rings. The highest BCUT2D eigenvalue weighted by molar-refractivity contribution is 5.97. The standard InChI is InChI=1S/C25H33N3O4/c1-17(29)23(25(31)28-32)27-24(30)22-13-11-21(12-14-22)20-9-7-19(8-10-20)16-26-15-18-5-3-2-4-6-18/h7-14,17-18,23,26,29,32H,2-6,15-16H2,1H3,(H,27,30)(H,28,31)/t17-,23+/m1/s1. The highest BCUT2D eigenvalue weighted by atomic mass is 16.5. The molecule has 0 heterocycles. The second kappa shape index (κ2) is 11.8. The van der Waals surface area contributed by atoms with E-state index in [4.69, 9.17) is 5.21 Å². The van der Waals surface area contributed by atoms with Gasteiger partial charge in [0.05, 0.1) is 6.10 Å². The van der Waals surface area contributed by atoms with Gasteiger partial charge in [0.25, 0.3) is 11.8 Å². The van der Waals surface area contributed by atoms with Gasteiger partial charge in [-0.05, 0) is 61.1 Å². The Hall–Kier alpha value is -2.74. The van der Waals surface area contributed by atoms with Gasteiger partial charge in [0.2, 0.25) is 0 Å². The third-order valence-corrected chi connectivity index (χ3v) is 6.08. The van der Waals surface area contributed by atoms with Gasteiger partial charge in [0, 0.05) is 12.1 Å². The summed E-state index contributed by atoms with van der Waals surface area (Å²) in [6.07, 6.45) is 5.64. The molecule has 0 saturated heterocycles. The molecule has 0 unspecified atom stereocenters. The lowest BCUT2D eigenvalue weighted by atomic mass is 9.89. The Labute approximate surface area is 189 Å². The van der Waals surface area contributed by atoms with Crippen LogP contribution in [0.4, 0.5) is 0 Å². The predicted octanol–water partition coefficient (Wildman–Crippen LogP) is 3.01. The molecular weight excluding hydrogens is 406 g/mol. The first-order valence-corrected chi connectivity index (χ1v) is 11.3. The minimum atomic E-state index is -1.24. The summed E-state index contributed by atoms with van der Waals surface area (Å²) < 4.78 is 0. The van der Waals surface area contributed by atoms with Crippen LogP contribution < -0.4 is 16.1 Å². The van der Waals surface area contributed by atoms with Gasteiger partial charge in [-0.25, -0.2) is 5.48 Å². The van der Waals surface area contributed by atoms with Crippen molar-refractivity contribution in [1.82, 2.24) is 16.1 Å². The third kappa shape index (κ3) is 6.63. The number of rotatable bonds is 9. The number of aliphatic hydroxyl groups excluding tert-OH is 1. The maximum atomic E-state index is 12.4. The molecular formula is C25H33N3O4. The normalized spacial score (nSPS) is 16.2. The van der Waals surface area contributed by atoms with E-state index in [-0.39, 0.29) is 0 Å². The van der Waals surface area contributed by atoms with Gasteiger partial charge in [-0.15, -0.1) is 0 Å². The first-order valence-electron chi connectivity index (χ1n) is 11.3. The molecule has 32 heavy (non-hydrogen) atoms. The fourth-order valence-corrected chi connectivity index (χ4v) is 4.14. The van der Waals surface area contributed by atoms with Gasteiger partial charge in [0.15, 0.2) is 0 Å². The van der Waals surface area contributed by atoms with Crippen molar-refractivity contribution in [2.24, 2.45) is 5.92 Å². The molecule has 7 heteroatoms. The van der Waals surface area contributed by atoms with E-state index < -0.39 is 24.0 Å². The Kier molecular flexibility index (Phi) is 8.79. The molecule has 1 saturated carbocycles. The second-order valence-electron chi connectivity index (χ2n) is 8.58. The molecule has 0 aromatic heterocycles. The van der Waals surface area contributed by atoms with Gasteiger partial charge in [0.1, 0.15) is 6.04 Å². The SMILES string of the molecule is C[C@@H](O)[C@H](NC(=O)c1ccc(-c2ccc(CNCC3CCCCC3)cc2)cc1)C(=O)NO. The molecule has 1 fully saturated rings. The summed E-state index contributed by atoms with van der Waals surface area (Å²) in [7, 11) is 0. The quantitative estimate of drug-likeness (QED) is 0.305. The summed E-state index contributed by atoms with van der Waals surface area (Å²) in [6.45, 7) is 3.31. The van der Waals surface area contributed by atoms with Crippen LogP contribution in [0.3, 0.4) is 0 Å². The van der Waals surface area contributed by atoms with E-state index in [0.29, 0.717) is 5.56 Å². The molecule has 7 nitrogen and oxygen atoms in total. The van der Waals surface area contributed by atoms with Gasteiger partial charge < -0.3 is 15.7 Å². The molecule has 172 valence electrons. The van der Waals surface area contributed by atoms with Crippen molar-refractivity contribution in [3.63, 3.8) is 0 Å². The number of hydrogen-bond donors (Lipinski definition) is 5. The monoisotopic (exact) mass is 439 g/mol. The second-order valence-corrected chi connectivity index (χ2v) is 8.58. The van der Waals surface area contributed by atoms with E-state index >= 15 is 0 Å². The number of amides is 2. The average Bonchev–Trinajstić information content (AvgIpc) is 2.83. The molecule has 2 atom stereocenters. The van der Waals surface area contributed by atoms with Crippen molar-refractivity contribution in [1.29, 1.82) is 0 Å². The number of aliphatic hydroxyl groups is 1. The van der Waals surface area contributed by atoms with Crippen molar-refractivity contribution < 1.29 is 19.9 Å². The zero-order chi connectivity index (χ0) is 22.9. The summed E-state index contributed by atoms with van der Waals surface area (Å²) in [4.78, 5) is 24.0. The molecule has 2 amide bonds. The fraction of sp³-hybridized carbons (Fsp3) is 0.440. The number of nitrogens with one attached hydrogen (secondary N) is 3. The average molecular weight is 440 g/mol. The number of hydrogen-bond acceptors (Lipinski definition) is 5. The van der Waals surface area contributed by atoms with Crippen molar-refractivity contribution in [2.45, 2.75) is 57.7 Å². The lowest BCUT2D eigenvalue weighted by Gasteiger charge is -2.21. The summed E-state index contributed by atoms with van der Waals surface area (Å²) in [5.74, 6) is -0.573. The van der Waals surface area contributed by atoms with Crippen LogP contribution in [-0.4, -0.2) is 40.8 Å². The van der Waals surface area contributed by atoms with Crippen LogP contribution in [-0.2, 0) is 11.3 Å². The summed E-state index contributed by atoms with van der Waals surface area (Å²) in [5.41, 5.74) is 5.07. The van der Waals surface area contributed by atoms with Crippen LogP contribution in [0.5, 0.6) is 0 Å². The smallest absolute Gasteiger partial charge is 0.268 e. The third-order valence-electron chi connectivity index (χ3n) is 6.08. The molecule has 0 spiro atoms. The van der Waals surface area contributed by atoms with Crippen LogP contribution >= 0.6 is 0 Å². The molecule has 0 bridgehead atoms. The van der Waals surface area contributed by atoms with Gasteiger partial charge in [-0.2, -0.15) is 0 Å². The van der Waals surface area contributed by atoms with E-state index in [1.54, 1.807) is 12.1 Å². The number of carbonyl (C=O) groups excluding carboxylic acids is 2. The number of benzene rings is 2. The maximum absolute atomic E-state index is 12.4. The molecule has 1 aliphatic rings. The summed E-state index contributed by atoms with van der Waals surface area (Å²) in [5, 5.41) is 24.4. The van der Waals surface area contributed by atoms with E-state index in [0.717, 1.165) is 30.1 Å². The largest absolute Gasteiger partial charge is 0.391 e. The first kappa shape index (κ1) is 23.9. The molecule has 3 rings (SSSR count). The van der Waals surface area contributed by atoms with Crippen LogP contribution in [0, 0.1) is 5.92 Å². The molecule has 0 radical (unpaired) electrons. The number of carbonyl (C=O) groups is 2. The molecule has 5 N–H and O–H groups in total. The molecule has 0 aliphatic heterocycles. The lowest BCUT2D eigenvalue weighted by Crippen LogP contribution is -2.51.